The molecule has 1 aromatic rings. The van der Waals surface area contributed by atoms with Gasteiger partial charge in [-0.25, -0.2) is 0 Å². The molecular weight excluding hydrogens is 313 g/mol. The van der Waals surface area contributed by atoms with Gasteiger partial charge < -0.3 is 9.47 Å². The van der Waals surface area contributed by atoms with Gasteiger partial charge in [-0.3, -0.25) is 0 Å². The molecule has 0 saturated heterocycles. The van der Waals surface area contributed by atoms with E-state index in [1.54, 1.807) is 0 Å². The number of ether oxygens (including phenoxy) is 2. The number of rotatable bonds is 7. The number of hydrogen-bond donors (Lipinski definition) is 0. The highest BCUT2D eigenvalue weighted by Crippen LogP contribution is 2.24. The highest BCUT2D eigenvalue weighted by molar-refractivity contribution is 9.09. The first-order valence-corrected chi connectivity index (χ1v) is 6.68. The summed E-state index contributed by atoms with van der Waals surface area (Å²) >= 11 is 3.33. The third kappa shape index (κ3) is 6.74. The van der Waals surface area contributed by atoms with Crippen molar-refractivity contribution in [2.45, 2.75) is 25.6 Å². The lowest BCUT2D eigenvalue weighted by molar-refractivity contribution is -0.274. The molecule has 102 valence electrons. The smallest absolute Gasteiger partial charge is 0.494 e. The van der Waals surface area contributed by atoms with Gasteiger partial charge in [-0.05, 0) is 43.5 Å². The molecular formula is C12H14BrF3O2. The van der Waals surface area contributed by atoms with E-state index >= 15 is 0 Å². The quantitative estimate of drug-likeness (QED) is 0.541. The van der Waals surface area contributed by atoms with Gasteiger partial charge in [0.1, 0.15) is 11.5 Å². The summed E-state index contributed by atoms with van der Waals surface area (Å²) in [4.78, 5) is 0. The van der Waals surface area contributed by atoms with E-state index in [1.165, 1.54) is 24.3 Å². The summed E-state index contributed by atoms with van der Waals surface area (Å²) in [5.74, 6) is 0.303. The van der Waals surface area contributed by atoms with Crippen LogP contribution in [0, 0.1) is 0 Å². The lowest BCUT2D eigenvalue weighted by Crippen LogP contribution is -2.16. The van der Waals surface area contributed by atoms with E-state index in [9.17, 15) is 13.2 Å². The Balaban J connectivity index is 2.32. The van der Waals surface area contributed by atoms with E-state index in [0.29, 0.717) is 12.4 Å². The lowest BCUT2D eigenvalue weighted by Gasteiger charge is -2.10. The van der Waals surface area contributed by atoms with E-state index in [1.807, 2.05) is 0 Å². The van der Waals surface area contributed by atoms with Crippen molar-refractivity contribution < 1.29 is 22.6 Å². The maximum absolute atomic E-state index is 11.9. The second kappa shape index (κ2) is 7.51. The number of unbranched alkanes of at least 4 members (excludes halogenated alkanes) is 2. The molecule has 0 aliphatic rings. The third-order valence-electron chi connectivity index (χ3n) is 2.10. The van der Waals surface area contributed by atoms with Crippen molar-refractivity contribution in [1.29, 1.82) is 0 Å². The number of hydrogen-bond acceptors (Lipinski definition) is 2. The largest absolute Gasteiger partial charge is 0.573 e. The maximum Gasteiger partial charge on any atom is 0.573 e. The van der Waals surface area contributed by atoms with Gasteiger partial charge in [0, 0.05) is 5.33 Å². The topological polar surface area (TPSA) is 18.5 Å². The summed E-state index contributed by atoms with van der Waals surface area (Å²) in [6, 6.07) is 5.40. The zero-order chi connectivity index (χ0) is 13.4. The molecule has 0 heterocycles. The van der Waals surface area contributed by atoms with E-state index in [2.05, 4.69) is 20.7 Å². The molecule has 0 aromatic heterocycles. The average Bonchev–Trinajstić information content (AvgIpc) is 2.29. The average molecular weight is 327 g/mol. The molecule has 0 bridgehead atoms. The van der Waals surface area contributed by atoms with Crippen LogP contribution in [0.4, 0.5) is 13.2 Å². The Morgan fingerprint density at radius 1 is 0.944 bits per heavy atom. The molecule has 0 amide bonds. The van der Waals surface area contributed by atoms with Gasteiger partial charge in [-0.2, -0.15) is 0 Å². The Labute approximate surface area is 112 Å². The van der Waals surface area contributed by atoms with Gasteiger partial charge in [0.05, 0.1) is 6.61 Å². The summed E-state index contributed by atoms with van der Waals surface area (Å²) in [5, 5.41) is 0.969. The van der Waals surface area contributed by atoms with Gasteiger partial charge in [0.25, 0.3) is 0 Å². The van der Waals surface area contributed by atoms with Crippen LogP contribution in [0.5, 0.6) is 11.5 Å². The molecule has 0 unspecified atom stereocenters. The molecule has 0 spiro atoms. The first kappa shape index (κ1) is 15.1. The first-order chi connectivity index (χ1) is 8.51. The minimum Gasteiger partial charge on any atom is -0.494 e. The minimum absolute atomic E-state index is 0.242. The predicted molar refractivity (Wildman–Crippen MR) is 66.3 cm³/mol. The highest BCUT2D eigenvalue weighted by Gasteiger charge is 2.30. The Morgan fingerprint density at radius 2 is 1.56 bits per heavy atom. The Hall–Kier alpha value is -0.910. The van der Waals surface area contributed by atoms with E-state index in [0.717, 1.165) is 24.6 Å². The van der Waals surface area contributed by atoms with E-state index < -0.39 is 6.36 Å². The van der Waals surface area contributed by atoms with Crippen molar-refractivity contribution in [3.05, 3.63) is 24.3 Å². The summed E-state index contributed by atoms with van der Waals surface area (Å²) in [6.45, 7) is 0.562. The maximum atomic E-state index is 11.9. The summed E-state index contributed by atoms with van der Waals surface area (Å²) < 4.78 is 44.9. The van der Waals surface area contributed by atoms with Gasteiger partial charge in [-0.1, -0.05) is 15.9 Å². The van der Waals surface area contributed by atoms with Crippen molar-refractivity contribution in [2.24, 2.45) is 0 Å². The summed E-state index contributed by atoms with van der Waals surface area (Å²) in [6.07, 6.45) is -1.59. The molecule has 18 heavy (non-hydrogen) atoms. The van der Waals surface area contributed by atoms with Crippen molar-refractivity contribution in [1.82, 2.24) is 0 Å². The number of halogens is 4. The second-order valence-corrected chi connectivity index (χ2v) is 4.41. The van der Waals surface area contributed by atoms with Crippen molar-refractivity contribution in [2.75, 3.05) is 11.9 Å². The van der Waals surface area contributed by atoms with Crippen LogP contribution in [0.2, 0.25) is 0 Å². The summed E-state index contributed by atoms with van der Waals surface area (Å²) in [7, 11) is 0. The molecule has 1 rings (SSSR count). The van der Waals surface area contributed by atoms with Crippen molar-refractivity contribution in [3.63, 3.8) is 0 Å². The summed E-state index contributed by atoms with van der Waals surface area (Å²) in [5.41, 5.74) is 0. The molecule has 0 fully saturated rings. The van der Waals surface area contributed by atoms with Crippen molar-refractivity contribution >= 4 is 15.9 Å². The zero-order valence-electron chi connectivity index (χ0n) is 9.67. The lowest BCUT2D eigenvalue weighted by atomic mass is 10.3. The van der Waals surface area contributed by atoms with Gasteiger partial charge >= 0.3 is 6.36 Å². The molecule has 0 atom stereocenters. The molecule has 0 radical (unpaired) electrons. The molecule has 0 saturated carbocycles. The van der Waals surface area contributed by atoms with Gasteiger partial charge in [-0.15, -0.1) is 13.2 Å². The minimum atomic E-state index is -4.65. The third-order valence-corrected chi connectivity index (χ3v) is 2.66. The van der Waals surface area contributed by atoms with Crippen LogP contribution in [0.1, 0.15) is 19.3 Å². The normalized spacial score (nSPS) is 11.3. The molecule has 1 aromatic carbocycles. The van der Waals surface area contributed by atoms with Crippen LogP contribution in [-0.2, 0) is 0 Å². The molecule has 0 aliphatic heterocycles. The molecule has 0 N–H and O–H groups in total. The predicted octanol–water partition coefficient (Wildman–Crippen LogP) is 4.53. The zero-order valence-corrected chi connectivity index (χ0v) is 11.3. The second-order valence-electron chi connectivity index (χ2n) is 3.62. The number of alkyl halides is 4. The van der Waals surface area contributed by atoms with Crippen LogP contribution < -0.4 is 9.47 Å². The van der Waals surface area contributed by atoms with Crippen LogP contribution >= 0.6 is 15.9 Å². The van der Waals surface area contributed by atoms with Crippen LogP contribution in [0.15, 0.2) is 24.3 Å². The molecule has 6 heteroatoms. The fourth-order valence-corrected chi connectivity index (χ4v) is 1.70. The van der Waals surface area contributed by atoms with Gasteiger partial charge in [0.15, 0.2) is 0 Å². The highest BCUT2D eigenvalue weighted by atomic mass is 79.9. The van der Waals surface area contributed by atoms with Crippen LogP contribution in [0.25, 0.3) is 0 Å². The monoisotopic (exact) mass is 326 g/mol. The molecule has 0 aliphatic carbocycles. The fourth-order valence-electron chi connectivity index (χ4n) is 1.30. The standard InChI is InChI=1S/C12H14BrF3O2/c13-8-2-1-3-9-17-10-4-6-11(7-5-10)18-12(14,15)16/h4-7H,1-3,8-9H2. The SMILES string of the molecule is FC(F)(F)Oc1ccc(OCCCCCBr)cc1. The number of benzene rings is 1. The van der Waals surface area contributed by atoms with E-state index in [4.69, 9.17) is 4.74 Å². The fraction of sp³-hybridized carbons (Fsp3) is 0.500. The van der Waals surface area contributed by atoms with Crippen LogP contribution in [-0.4, -0.2) is 18.3 Å². The Kier molecular flexibility index (Phi) is 6.32. The van der Waals surface area contributed by atoms with Gasteiger partial charge in [0.2, 0.25) is 0 Å². The Morgan fingerprint density at radius 3 is 2.11 bits per heavy atom. The van der Waals surface area contributed by atoms with Crippen LogP contribution in [0.3, 0.4) is 0 Å². The Bertz CT molecular complexity index is 338. The van der Waals surface area contributed by atoms with E-state index in [-0.39, 0.29) is 5.75 Å². The molecule has 2 nitrogen and oxygen atoms in total. The first-order valence-electron chi connectivity index (χ1n) is 5.56. The van der Waals surface area contributed by atoms with Crippen molar-refractivity contribution in [3.8, 4) is 11.5 Å².